The Morgan fingerprint density at radius 2 is 1.82 bits per heavy atom. The lowest BCUT2D eigenvalue weighted by Gasteiger charge is -2.32. The Morgan fingerprint density at radius 1 is 1.09 bits per heavy atom. The van der Waals surface area contributed by atoms with Crippen LogP contribution in [-0.4, -0.2) is 78.9 Å². The number of amides is 1. The molecule has 0 unspecified atom stereocenters. The summed E-state index contributed by atoms with van der Waals surface area (Å²) in [5.74, 6) is 1.45. The van der Waals surface area contributed by atoms with Gasteiger partial charge in [0.15, 0.2) is 5.82 Å². The summed E-state index contributed by atoms with van der Waals surface area (Å²) in [6.07, 6.45) is 5.53. The standard InChI is InChI=1S/C33H38FN7O4/c1-4-32(43)41-13-8-21(9-14-41)38-29-19-25(28(36-2)20-30(29)44-3)33(35)39-27-6-5-23(17-26(27)34)45-24-7-12-37-31(18-24)40-15-10-22(42)11-16-40/h4-7,12,17-22,38,42H,1-2,8-11,13-16H2,3H3,(H2,35,39). The topological polar surface area (TPSA) is 138 Å². The number of aliphatic hydroxyl groups excluding tert-OH is 1. The summed E-state index contributed by atoms with van der Waals surface area (Å²) in [7, 11) is 1.56. The summed E-state index contributed by atoms with van der Waals surface area (Å²) in [6.45, 7) is 9.84. The van der Waals surface area contributed by atoms with Gasteiger partial charge in [0.25, 0.3) is 0 Å². The number of halogens is 1. The summed E-state index contributed by atoms with van der Waals surface area (Å²) in [4.78, 5) is 28.7. The third kappa shape index (κ3) is 7.58. The van der Waals surface area contributed by atoms with Crippen molar-refractivity contribution in [2.75, 3.05) is 43.5 Å². The van der Waals surface area contributed by atoms with Crippen LogP contribution in [0.4, 0.5) is 27.3 Å². The van der Waals surface area contributed by atoms with Crippen molar-refractivity contribution in [2.45, 2.75) is 37.8 Å². The van der Waals surface area contributed by atoms with Crippen LogP contribution in [-0.2, 0) is 4.79 Å². The molecule has 12 heteroatoms. The highest BCUT2D eigenvalue weighted by Crippen LogP contribution is 2.35. The third-order valence-corrected chi connectivity index (χ3v) is 8.01. The van der Waals surface area contributed by atoms with Crippen LogP contribution in [0.25, 0.3) is 0 Å². The van der Waals surface area contributed by atoms with Crippen molar-refractivity contribution in [3.63, 3.8) is 0 Å². The summed E-state index contributed by atoms with van der Waals surface area (Å²) in [5, 5.41) is 13.3. The summed E-state index contributed by atoms with van der Waals surface area (Å²) < 4.78 is 26.8. The Balaban J connectivity index is 1.32. The number of nitrogens with zero attached hydrogens (tertiary/aromatic N) is 5. The Hall–Kier alpha value is -4.97. The first-order valence-electron chi connectivity index (χ1n) is 14.9. The molecule has 3 aromatic rings. The van der Waals surface area contributed by atoms with Gasteiger partial charge >= 0.3 is 0 Å². The van der Waals surface area contributed by atoms with Gasteiger partial charge in [-0.05, 0) is 62.7 Å². The van der Waals surface area contributed by atoms with Crippen molar-refractivity contribution >= 4 is 41.3 Å². The number of benzene rings is 2. The quantitative estimate of drug-likeness (QED) is 0.166. The van der Waals surface area contributed by atoms with E-state index < -0.39 is 5.82 Å². The number of aliphatic imine (C=N–C) groups is 2. The normalized spacial score (nSPS) is 16.3. The molecule has 0 bridgehead atoms. The molecule has 2 fully saturated rings. The first-order chi connectivity index (χ1) is 21.8. The number of carbonyl (C=O) groups is 1. The largest absolute Gasteiger partial charge is 0.495 e. The van der Waals surface area contributed by atoms with Crippen molar-refractivity contribution in [3.8, 4) is 17.2 Å². The number of hydrogen-bond acceptors (Lipinski definition) is 9. The lowest BCUT2D eigenvalue weighted by Crippen LogP contribution is -2.41. The van der Waals surface area contributed by atoms with E-state index in [0.717, 1.165) is 18.7 Å². The fraction of sp³-hybridized carbons (Fsp3) is 0.333. The summed E-state index contributed by atoms with van der Waals surface area (Å²) >= 11 is 0. The van der Waals surface area contributed by atoms with E-state index in [4.69, 9.17) is 15.2 Å². The maximum absolute atomic E-state index is 15.3. The second kappa shape index (κ2) is 14.2. The molecule has 1 aromatic heterocycles. The van der Waals surface area contributed by atoms with Gasteiger partial charge in [0, 0.05) is 62.2 Å². The highest BCUT2D eigenvalue weighted by atomic mass is 19.1. The number of nitrogens with two attached hydrogens (primary N) is 1. The lowest BCUT2D eigenvalue weighted by molar-refractivity contribution is -0.126. The minimum Gasteiger partial charge on any atom is -0.495 e. The lowest BCUT2D eigenvalue weighted by atomic mass is 10.0. The fourth-order valence-electron chi connectivity index (χ4n) is 5.48. The number of aliphatic hydroxyl groups is 1. The van der Waals surface area contributed by atoms with E-state index in [0.29, 0.717) is 73.2 Å². The molecule has 2 aliphatic rings. The van der Waals surface area contributed by atoms with E-state index in [1.54, 1.807) is 48.5 Å². The maximum atomic E-state index is 15.3. The van der Waals surface area contributed by atoms with E-state index in [-0.39, 0.29) is 29.6 Å². The Kier molecular flexibility index (Phi) is 9.93. The van der Waals surface area contributed by atoms with Gasteiger partial charge in [0.2, 0.25) is 5.91 Å². The first-order valence-corrected chi connectivity index (χ1v) is 14.9. The number of anilines is 2. The second-order valence-electron chi connectivity index (χ2n) is 11.0. The van der Waals surface area contributed by atoms with E-state index in [2.05, 4.69) is 38.5 Å². The smallest absolute Gasteiger partial charge is 0.245 e. The van der Waals surface area contributed by atoms with Crippen LogP contribution in [0.15, 0.2) is 71.3 Å². The van der Waals surface area contributed by atoms with Gasteiger partial charge in [-0.25, -0.2) is 14.4 Å². The zero-order valence-corrected chi connectivity index (χ0v) is 25.3. The van der Waals surface area contributed by atoms with Crippen LogP contribution in [0.2, 0.25) is 0 Å². The number of methoxy groups -OCH3 is 1. The number of aromatic nitrogens is 1. The van der Waals surface area contributed by atoms with Crippen LogP contribution < -0.4 is 25.4 Å². The van der Waals surface area contributed by atoms with Gasteiger partial charge in [-0.2, -0.15) is 0 Å². The van der Waals surface area contributed by atoms with Gasteiger partial charge in [0.1, 0.15) is 34.6 Å². The number of likely N-dealkylation sites (tertiary alicyclic amines) is 1. The summed E-state index contributed by atoms with van der Waals surface area (Å²) in [6, 6.07) is 11.4. The van der Waals surface area contributed by atoms with Gasteiger partial charge < -0.3 is 35.4 Å². The molecule has 1 amide bonds. The number of nitrogens with one attached hydrogen (secondary N) is 1. The number of carbonyl (C=O) groups excluding carboxylic acids is 1. The van der Waals surface area contributed by atoms with E-state index in [1.807, 2.05) is 0 Å². The number of pyridine rings is 1. The van der Waals surface area contributed by atoms with Crippen LogP contribution in [0.1, 0.15) is 31.2 Å². The minimum atomic E-state index is -0.615. The van der Waals surface area contributed by atoms with Crippen molar-refractivity contribution in [1.29, 1.82) is 0 Å². The Bertz CT molecular complexity index is 1580. The molecular weight excluding hydrogens is 577 g/mol. The molecule has 4 N–H and O–H groups in total. The highest BCUT2D eigenvalue weighted by molar-refractivity contribution is 6.04. The molecule has 3 heterocycles. The number of amidine groups is 1. The number of piperidine rings is 2. The minimum absolute atomic E-state index is 0.0294. The van der Waals surface area contributed by atoms with E-state index >= 15 is 4.39 Å². The molecule has 2 saturated heterocycles. The highest BCUT2D eigenvalue weighted by Gasteiger charge is 2.23. The van der Waals surface area contributed by atoms with Gasteiger partial charge in [-0.15, -0.1) is 0 Å². The molecule has 5 rings (SSSR count). The third-order valence-electron chi connectivity index (χ3n) is 8.01. The fourth-order valence-corrected chi connectivity index (χ4v) is 5.48. The molecule has 2 aliphatic heterocycles. The summed E-state index contributed by atoms with van der Waals surface area (Å²) in [5.41, 5.74) is 8.00. The van der Waals surface area contributed by atoms with E-state index in [9.17, 15) is 9.90 Å². The zero-order valence-electron chi connectivity index (χ0n) is 25.3. The Labute approximate surface area is 261 Å². The van der Waals surface area contributed by atoms with E-state index in [1.165, 1.54) is 18.2 Å². The van der Waals surface area contributed by atoms with Crippen LogP contribution in [0.5, 0.6) is 17.2 Å². The van der Waals surface area contributed by atoms with Gasteiger partial charge in [0.05, 0.1) is 24.6 Å². The van der Waals surface area contributed by atoms with Crippen molar-refractivity contribution in [1.82, 2.24) is 9.88 Å². The Morgan fingerprint density at radius 3 is 2.49 bits per heavy atom. The molecule has 2 aromatic carbocycles. The average molecular weight is 616 g/mol. The monoisotopic (exact) mass is 615 g/mol. The van der Waals surface area contributed by atoms with Crippen LogP contribution in [0.3, 0.4) is 0 Å². The van der Waals surface area contributed by atoms with Gasteiger partial charge in [-0.1, -0.05) is 6.58 Å². The van der Waals surface area contributed by atoms with Crippen LogP contribution >= 0.6 is 0 Å². The number of rotatable bonds is 10. The maximum Gasteiger partial charge on any atom is 0.245 e. The molecule has 0 saturated carbocycles. The second-order valence-corrected chi connectivity index (χ2v) is 11.0. The molecule has 0 atom stereocenters. The van der Waals surface area contributed by atoms with Crippen molar-refractivity contribution in [2.24, 2.45) is 15.7 Å². The molecule has 0 radical (unpaired) electrons. The van der Waals surface area contributed by atoms with Crippen molar-refractivity contribution in [3.05, 3.63) is 72.7 Å². The molecule has 0 aliphatic carbocycles. The number of ether oxygens (including phenoxy) is 2. The van der Waals surface area contributed by atoms with Crippen LogP contribution in [0, 0.1) is 5.82 Å². The predicted molar refractivity (Wildman–Crippen MR) is 174 cm³/mol. The SMILES string of the molecule is C=CC(=O)N1CCC(Nc2cc(C(N)=Nc3ccc(Oc4ccnc(N5CCC(O)CC5)c4)cc3F)c(N=C)cc2OC)CC1. The molecule has 11 nitrogen and oxygen atoms in total. The first kappa shape index (κ1) is 31.5. The van der Waals surface area contributed by atoms with Gasteiger partial charge in [-0.3, -0.25) is 9.79 Å². The predicted octanol–water partition coefficient (Wildman–Crippen LogP) is 4.94. The molecular formula is C33H38FN7O4. The number of hydrogen-bond donors (Lipinski definition) is 3. The molecule has 45 heavy (non-hydrogen) atoms. The molecule has 236 valence electrons. The zero-order chi connectivity index (χ0) is 31.9. The average Bonchev–Trinajstić information content (AvgIpc) is 3.06. The van der Waals surface area contributed by atoms with Crippen molar-refractivity contribution < 1.29 is 23.8 Å². The molecule has 0 spiro atoms.